The molecule has 2 aliphatic heterocycles. The topological polar surface area (TPSA) is 88.2 Å². The number of rotatable bonds is 5. The number of methoxy groups -OCH3 is 1. The SMILES string of the molecule is CNC1CCCN(C(=O)c2ccc(OC)c(S(=O)(=O)N3CCOCC3)c2)C1.Cl. The van der Waals surface area contributed by atoms with E-state index in [0.29, 0.717) is 45.0 Å². The maximum absolute atomic E-state index is 13.1. The molecule has 28 heavy (non-hydrogen) atoms. The van der Waals surface area contributed by atoms with Crippen LogP contribution in [0.1, 0.15) is 23.2 Å². The first-order valence-corrected chi connectivity index (χ1v) is 10.6. The number of carbonyl (C=O) groups is 1. The molecule has 3 rings (SSSR count). The Hall–Kier alpha value is -1.39. The Labute approximate surface area is 172 Å². The van der Waals surface area contributed by atoms with Crippen molar-refractivity contribution in [2.24, 2.45) is 0 Å². The number of hydrogen-bond acceptors (Lipinski definition) is 6. The molecule has 2 heterocycles. The smallest absolute Gasteiger partial charge is 0.253 e. The Bertz CT molecular complexity index is 783. The highest BCUT2D eigenvalue weighted by molar-refractivity contribution is 7.89. The summed E-state index contributed by atoms with van der Waals surface area (Å²) in [5, 5.41) is 3.21. The van der Waals surface area contributed by atoms with Gasteiger partial charge in [0, 0.05) is 37.8 Å². The average Bonchev–Trinajstić information content (AvgIpc) is 2.73. The fraction of sp³-hybridized carbons (Fsp3) is 0.611. The molecule has 2 saturated heterocycles. The van der Waals surface area contributed by atoms with Crippen molar-refractivity contribution in [3.05, 3.63) is 23.8 Å². The van der Waals surface area contributed by atoms with Crippen molar-refractivity contribution in [1.82, 2.24) is 14.5 Å². The van der Waals surface area contributed by atoms with Crippen molar-refractivity contribution in [2.75, 3.05) is 53.6 Å². The second kappa shape index (κ2) is 9.89. The van der Waals surface area contributed by atoms with Crippen LogP contribution >= 0.6 is 12.4 Å². The third kappa shape index (κ3) is 4.77. The van der Waals surface area contributed by atoms with Crippen LogP contribution in [0.5, 0.6) is 5.75 Å². The summed E-state index contributed by atoms with van der Waals surface area (Å²) in [4.78, 5) is 14.7. The first-order chi connectivity index (χ1) is 13.0. The molecule has 1 aromatic rings. The number of sulfonamides is 1. The zero-order valence-corrected chi connectivity index (χ0v) is 17.9. The summed E-state index contributed by atoms with van der Waals surface area (Å²) in [5.74, 6) is 0.0841. The molecule has 1 N–H and O–H groups in total. The molecule has 2 aliphatic rings. The minimum absolute atomic E-state index is 0. The highest BCUT2D eigenvalue weighted by Crippen LogP contribution is 2.29. The van der Waals surface area contributed by atoms with Crippen molar-refractivity contribution in [3.8, 4) is 5.75 Å². The molecule has 158 valence electrons. The largest absolute Gasteiger partial charge is 0.495 e. The van der Waals surface area contributed by atoms with Gasteiger partial charge >= 0.3 is 0 Å². The van der Waals surface area contributed by atoms with Gasteiger partial charge in [-0.15, -0.1) is 12.4 Å². The van der Waals surface area contributed by atoms with Crippen LogP contribution in [0.15, 0.2) is 23.1 Å². The fourth-order valence-electron chi connectivity index (χ4n) is 3.52. The number of ether oxygens (including phenoxy) is 2. The van der Waals surface area contributed by atoms with Gasteiger partial charge in [0.15, 0.2) is 0 Å². The normalized spacial score (nSPS) is 21.1. The van der Waals surface area contributed by atoms with Crippen molar-refractivity contribution in [3.63, 3.8) is 0 Å². The standard InChI is InChI=1S/C18H27N3O5S.ClH/c1-19-15-4-3-7-20(13-15)18(22)14-5-6-16(25-2)17(12-14)27(23,24)21-8-10-26-11-9-21;/h5-6,12,15,19H,3-4,7-11,13H2,1-2H3;1H. The summed E-state index contributed by atoms with van der Waals surface area (Å²) in [6.07, 6.45) is 1.95. The number of likely N-dealkylation sites (tertiary alicyclic amines) is 1. The molecular weight excluding hydrogens is 406 g/mol. The molecule has 1 amide bonds. The number of nitrogens with zero attached hydrogens (tertiary/aromatic N) is 2. The predicted molar refractivity (Wildman–Crippen MR) is 108 cm³/mol. The fourth-order valence-corrected chi connectivity index (χ4v) is 5.11. The zero-order chi connectivity index (χ0) is 19.4. The lowest BCUT2D eigenvalue weighted by Crippen LogP contribution is -2.47. The Morgan fingerprint density at radius 3 is 2.61 bits per heavy atom. The van der Waals surface area contributed by atoms with Gasteiger partial charge in [-0.3, -0.25) is 4.79 Å². The number of piperidine rings is 1. The molecule has 0 radical (unpaired) electrons. The van der Waals surface area contributed by atoms with Gasteiger partial charge in [-0.2, -0.15) is 4.31 Å². The number of benzene rings is 1. The van der Waals surface area contributed by atoms with E-state index in [1.54, 1.807) is 17.0 Å². The molecule has 0 saturated carbocycles. The van der Waals surface area contributed by atoms with E-state index in [9.17, 15) is 13.2 Å². The second-order valence-corrected chi connectivity index (χ2v) is 8.67. The molecular formula is C18H28ClN3O5S. The van der Waals surface area contributed by atoms with Gasteiger partial charge in [-0.25, -0.2) is 8.42 Å². The molecule has 1 unspecified atom stereocenters. The monoisotopic (exact) mass is 433 g/mol. The summed E-state index contributed by atoms with van der Waals surface area (Å²) in [5.41, 5.74) is 0.361. The Morgan fingerprint density at radius 2 is 1.96 bits per heavy atom. The Balaban J connectivity index is 0.00000280. The van der Waals surface area contributed by atoms with Crippen LogP contribution in [0.4, 0.5) is 0 Å². The first-order valence-electron chi connectivity index (χ1n) is 9.20. The van der Waals surface area contributed by atoms with Crippen molar-refractivity contribution in [2.45, 2.75) is 23.8 Å². The quantitative estimate of drug-likeness (QED) is 0.744. The van der Waals surface area contributed by atoms with Crippen LogP contribution < -0.4 is 10.1 Å². The molecule has 10 heteroatoms. The third-order valence-electron chi connectivity index (χ3n) is 5.12. The predicted octanol–water partition coefficient (Wildman–Crippen LogP) is 0.962. The van der Waals surface area contributed by atoms with Gasteiger partial charge in [0.1, 0.15) is 10.6 Å². The number of hydrogen-bond donors (Lipinski definition) is 1. The van der Waals surface area contributed by atoms with Crippen molar-refractivity contribution >= 4 is 28.3 Å². The summed E-state index contributed by atoms with van der Waals surface area (Å²) >= 11 is 0. The number of carbonyl (C=O) groups excluding carboxylic acids is 1. The molecule has 1 aromatic carbocycles. The van der Waals surface area contributed by atoms with Crippen LogP contribution in [0.2, 0.25) is 0 Å². The van der Waals surface area contributed by atoms with Gasteiger partial charge in [0.05, 0.1) is 20.3 Å². The molecule has 1 atom stereocenters. The minimum Gasteiger partial charge on any atom is -0.495 e. The van der Waals surface area contributed by atoms with Crippen molar-refractivity contribution < 1.29 is 22.7 Å². The van der Waals surface area contributed by atoms with E-state index >= 15 is 0 Å². The van der Waals surface area contributed by atoms with E-state index in [-0.39, 0.29) is 35.0 Å². The lowest BCUT2D eigenvalue weighted by atomic mass is 10.0. The zero-order valence-electron chi connectivity index (χ0n) is 16.2. The van der Waals surface area contributed by atoms with Gasteiger partial charge in [0.25, 0.3) is 5.91 Å². The number of amides is 1. The third-order valence-corrected chi connectivity index (χ3v) is 7.04. The number of morpholine rings is 1. The van der Waals surface area contributed by atoms with Crippen LogP contribution in [-0.2, 0) is 14.8 Å². The van der Waals surface area contributed by atoms with E-state index in [2.05, 4.69) is 5.32 Å². The summed E-state index contributed by atoms with van der Waals surface area (Å²) < 4.78 is 38.0. The number of halogens is 1. The minimum atomic E-state index is -3.76. The van der Waals surface area contributed by atoms with E-state index in [4.69, 9.17) is 9.47 Å². The lowest BCUT2D eigenvalue weighted by Gasteiger charge is -2.33. The average molecular weight is 434 g/mol. The van der Waals surface area contributed by atoms with E-state index < -0.39 is 10.0 Å². The summed E-state index contributed by atoms with van der Waals surface area (Å²) in [6, 6.07) is 4.88. The van der Waals surface area contributed by atoms with Crippen LogP contribution in [0.25, 0.3) is 0 Å². The molecule has 0 aromatic heterocycles. The van der Waals surface area contributed by atoms with E-state index in [1.165, 1.54) is 17.5 Å². The van der Waals surface area contributed by atoms with Gasteiger partial charge in [-0.1, -0.05) is 0 Å². The number of likely N-dealkylation sites (N-methyl/N-ethyl adjacent to an activating group) is 1. The summed E-state index contributed by atoms with van der Waals surface area (Å²) in [7, 11) is -0.446. The summed E-state index contributed by atoms with van der Waals surface area (Å²) in [6.45, 7) is 2.60. The van der Waals surface area contributed by atoms with Crippen molar-refractivity contribution in [1.29, 1.82) is 0 Å². The van der Waals surface area contributed by atoms with Crippen LogP contribution in [0, 0.1) is 0 Å². The maximum atomic E-state index is 13.1. The van der Waals surface area contributed by atoms with E-state index in [1.807, 2.05) is 7.05 Å². The number of nitrogens with one attached hydrogen (secondary N) is 1. The van der Waals surface area contributed by atoms with Crippen LogP contribution in [0.3, 0.4) is 0 Å². The Morgan fingerprint density at radius 1 is 1.25 bits per heavy atom. The van der Waals surface area contributed by atoms with Gasteiger partial charge < -0.3 is 19.7 Å². The molecule has 0 spiro atoms. The first kappa shape index (κ1) is 22.9. The second-order valence-electron chi connectivity index (χ2n) is 6.76. The lowest BCUT2D eigenvalue weighted by molar-refractivity contribution is 0.0697. The van der Waals surface area contributed by atoms with Gasteiger partial charge in [0.2, 0.25) is 10.0 Å². The molecule has 0 bridgehead atoms. The highest BCUT2D eigenvalue weighted by atomic mass is 35.5. The maximum Gasteiger partial charge on any atom is 0.253 e. The van der Waals surface area contributed by atoms with Crippen LogP contribution in [-0.4, -0.2) is 83.1 Å². The van der Waals surface area contributed by atoms with E-state index in [0.717, 1.165) is 12.8 Å². The van der Waals surface area contributed by atoms with Gasteiger partial charge in [-0.05, 0) is 38.1 Å². The molecule has 8 nitrogen and oxygen atoms in total. The molecule has 0 aliphatic carbocycles. The highest BCUT2D eigenvalue weighted by Gasteiger charge is 2.31. The molecule has 2 fully saturated rings. The Kier molecular flexibility index (Phi) is 8.08.